The third-order valence-electron chi connectivity index (χ3n) is 4.19. The fourth-order valence-electron chi connectivity index (χ4n) is 2.66. The molecule has 3 N–H and O–H groups in total. The van der Waals surface area contributed by atoms with Gasteiger partial charge in [-0.15, -0.1) is 0 Å². The Kier molecular flexibility index (Phi) is 5.26. The number of aliphatic carboxylic acids is 1. The molecule has 1 aliphatic rings. The zero-order chi connectivity index (χ0) is 17.9. The van der Waals surface area contributed by atoms with Gasteiger partial charge in [-0.1, -0.05) is 45.0 Å². The minimum atomic E-state index is -1.09. The van der Waals surface area contributed by atoms with E-state index in [-0.39, 0.29) is 17.7 Å². The Morgan fingerprint density at radius 2 is 1.92 bits per heavy atom. The van der Waals surface area contributed by atoms with Gasteiger partial charge in [-0.3, -0.25) is 9.59 Å². The monoisotopic (exact) mass is 332 g/mol. The first-order chi connectivity index (χ1) is 11.2. The Hall–Kier alpha value is -2.37. The standard InChI is InChI=1S/C18H24N2O4/c1-18(2,3)12-6-4-11(5-7-12)10-14(17(23)24)20-16(22)13-8-9-15(21)19-13/h4-7,13-14H,8-10H2,1-3H3,(H,19,21)(H,20,22)(H,23,24)/t13-,14+/m0/s1. The molecule has 6 heteroatoms. The van der Waals surface area contributed by atoms with Gasteiger partial charge in [0.25, 0.3) is 0 Å². The number of hydrogen-bond acceptors (Lipinski definition) is 3. The van der Waals surface area contributed by atoms with Gasteiger partial charge in [0.2, 0.25) is 11.8 Å². The average molecular weight is 332 g/mol. The SMILES string of the molecule is CC(C)(C)c1ccc(C[C@@H](NC(=O)[C@@H]2CCC(=O)N2)C(=O)O)cc1. The minimum Gasteiger partial charge on any atom is -0.480 e. The molecule has 0 spiro atoms. The Morgan fingerprint density at radius 1 is 1.29 bits per heavy atom. The highest BCUT2D eigenvalue weighted by molar-refractivity contribution is 5.92. The molecule has 1 heterocycles. The molecular weight excluding hydrogens is 308 g/mol. The van der Waals surface area contributed by atoms with E-state index >= 15 is 0 Å². The van der Waals surface area contributed by atoms with Crippen molar-refractivity contribution in [3.8, 4) is 0 Å². The number of carboxylic acid groups (broad SMARTS) is 1. The van der Waals surface area contributed by atoms with Crippen LogP contribution in [0, 0.1) is 0 Å². The lowest BCUT2D eigenvalue weighted by molar-refractivity contribution is -0.142. The second kappa shape index (κ2) is 7.03. The number of rotatable bonds is 5. The first-order valence-corrected chi connectivity index (χ1v) is 8.09. The van der Waals surface area contributed by atoms with Crippen molar-refractivity contribution in [2.45, 2.75) is 57.5 Å². The van der Waals surface area contributed by atoms with Gasteiger partial charge in [0, 0.05) is 12.8 Å². The molecule has 1 aliphatic heterocycles. The van der Waals surface area contributed by atoms with Crippen LogP contribution in [0.5, 0.6) is 0 Å². The quantitative estimate of drug-likeness (QED) is 0.759. The molecule has 1 saturated heterocycles. The van der Waals surface area contributed by atoms with Crippen molar-refractivity contribution in [2.24, 2.45) is 0 Å². The Labute approximate surface area is 141 Å². The van der Waals surface area contributed by atoms with Crippen molar-refractivity contribution in [1.82, 2.24) is 10.6 Å². The van der Waals surface area contributed by atoms with Gasteiger partial charge in [-0.2, -0.15) is 0 Å². The molecule has 2 atom stereocenters. The van der Waals surface area contributed by atoms with Gasteiger partial charge in [0.1, 0.15) is 12.1 Å². The highest BCUT2D eigenvalue weighted by Crippen LogP contribution is 2.22. The largest absolute Gasteiger partial charge is 0.480 e. The number of nitrogens with one attached hydrogen (secondary N) is 2. The molecule has 0 unspecified atom stereocenters. The third-order valence-corrected chi connectivity index (χ3v) is 4.19. The topological polar surface area (TPSA) is 95.5 Å². The lowest BCUT2D eigenvalue weighted by Gasteiger charge is -2.20. The van der Waals surface area contributed by atoms with Gasteiger partial charge in [-0.25, -0.2) is 4.79 Å². The van der Waals surface area contributed by atoms with Crippen LogP contribution in [0.3, 0.4) is 0 Å². The Balaban J connectivity index is 2.02. The van der Waals surface area contributed by atoms with E-state index in [1.807, 2.05) is 24.3 Å². The summed E-state index contributed by atoms with van der Waals surface area (Å²) in [6, 6.07) is 6.08. The molecule has 0 saturated carbocycles. The molecule has 2 amide bonds. The van der Waals surface area contributed by atoms with Crippen LogP contribution in [0.2, 0.25) is 0 Å². The number of hydrogen-bond donors (Lipinski definition) is 3. The number of carbonyl (C=O) groups excluding carboxylic acids is 2. The van der Waals surface area contributed by atoms with Crippen LogP contribution in [-0.2, 0) is 26.2 Å². The van der Waals surface area contributed by atoms with Crippen LogP contribution in [0.25, 0.3) is 0 Å². The van der Waals surface area contributed by atoms with E-state index in [1.165, 1.54) is 0 Å². The third kappa shape index (κ3) is 4.57. The van der Waals surface area contributed by atoms with E-state index in [2.05, 4.69) is 31.4 Å². The van der Waals surface area contributed by atoms with Crippen molar-refractivity contribution in [1.29, 1.82) is 0 Å². The van der Waals surface area contributed by atoms with Crippen LogP contribution in [0.1, 0.15) is 44.7 Å². The van der Waals surface area contributed by atoms with Crippen LogP contribution in [0.15, 0.2) is 24.3 Å². The number of benzene rings is 1. The minimum absolute atomic E-state index is 0.0274. The molecule has 0 aliphatic carbocycles. The van der Waals surface area contributed by atoms with Crippen LogP contribution in [-0.4, -0.2) is 35.0 Å². The van der Waals surface area contributed by atoms with Crippen LogP contribution < -0.4 is 10.6 Å². The lowest BCUT2D eigenvalue weighted by atomic mass is 9.86. The maximum Gasteiger partial charge on any atom is 0.326 e. The summed E-state index contributed by atoms with van der Waals surface area (Å²) in [7, 11) is 0. The molecule has 0 radical (unpaired) electrons. The van der Waals surface area contributed by atoms with Crippen molar-refractivity contribution in [2.75, 3.05) is 0 Å². The van der Waals surface area contributed by atoms with Gasteiger partial charge in [-0.05, 0) is 23.0 Å². The summed E-state index contributed by atoms with van der Waals surface area (Å²) in [4.78, 5) is 34.7. The molecule has 130 valence electrons. The number of amides is 2. The molecule has 1 fully saturated rings. The highest BCUT2D eigenvalue weighted by Gasteiger charge is 2.30. The number of carbonyl (C=O) groups is 3. The molecule has 1 aromatic rings. The fraction of sp³-hybridized carbons (Fsp3) is 0.500. The summed E-state index contributed by atoms with van der Waals surface area (Å²) in [5.41, 5.74) is 2.03. The smallest absolute Gasteiger partial charge is 0.326 e. The molecule has 0 bridgehead atoms. The van der Waals surface area contributed by atoms with Crippen LogP contribution >= 0.6 is 0 Å². The summed E-state index contributed by atoms with van der Waals surface area (Å²) < 4.78 is 0. The molecule has 24 heavy (non-hydrogen) atoms. The fourth-order valence-corrected chi connectivity index (χ4v) is 2.66. The van der Waals surface area contributed by atoms with Gasteiger partial charge in [0.05, 0.1) is 0 Å². The lowest BCUT2D eigenvalue weighted by Crippen LogP contribution is -2.49. The van der Waals surface area contributed by atoms with Gasteiger partial charge in [0.15, 0.2) is 0 Å². The first-order valence-electron chi connectivity index (χ1n) is 8.09. The average Bonchev–Trinajstić information content (AvgIpc) is 2.92. The molecule has 1 aromatic carbocycles. The zero-order valence-electron chi connectivity index (χ0n) is 14.3. The van der Waals surface area contributed by atoms with Crippen molar-refractivity contribution >= 4 is 17.8 Å². The normalized spacial score (nSPS) is 18.8. The van der Waals surface area contributed by atoms with Gasteiger partial charge >= 0.3 is 5.97 Å². The van der Waals surface area contributed by atoms with Crippen molar-refractivity contribution in [3.05, 3.63) is 35.4 Å². The second-order valence-corrected chi connectivity index (χ2v) is 7.21. The summed E-state index contributed by atoms with van der Waals surface area (Å²) in [6.45, 7) is 6.33. The first kappa shape index (κ1) is 18.0. The van der Waals surface area contributed by atoms with E-state index in [1.54, 1.807) is 0 Å². The molecule has 6 nitrogen and oxygen atoms in total. The highest BCUT2D eigenvalue weighted by atomic mass is 16.4. The summed E-state index contributed by atoms with van der Waals surface area (Å²) in [5.74, 6) is -1.72. The summed E-state index contributed by atoms with van der Waals surface area (Å²) in [5, 5.41) is 14.4. The van der Waals surface area contributed by atoms with Gasteiger partial charge < -0.3 is 15.7 Å². The Bertz CT molecular complexity index is 631. The summed E-state index contributed by atoms with van der Waals surface area (Å²) >= 11 is 0. The van der Waals surface area contributed by atoms with E-state index in [9.17, 15) is 19.5 Å². The maximum atomic E-state index is 12.1. The van der Waals surface area contributed by atoms with E-state index in [0.717, 1.165) is 11.1 Å². The molecule has 2 rings (SSSR count). The van der Waals surface area contributed by atoms with Crippen molar-refractivity contribution < 1.29 is 19.5 Å². The molecular formula is C18H24N2O4. The van der Waals surface area contributed by atoms with Crippen LogP contribution in [0.4, 0.5) is 0 Å². The zero-order valence-corrected chi connectivity index (χ0v) is 14.3. The maximum absolute atomic E-state index is 12.1. The molecule has 0 aromatic heterocycles. The number of carboxylic acids is 1. The van der Waals surface area contributed by atoms with Crippen molar-refractivity contribution in [3.63, 3.8) is 0 Å². The van der Waals surface area contributed by atoms with E-state index < -0.39 is 24.0 Å². The predicted molar refractivity (Wildman–Crippen MR) is 89.6 cm³/mol. The Morgan fingerprint density at radius 3 is 2.38 bits per heavy atom. The summed E-state index contributed by atoms with van der Waals surface area (Å²) in [6.07, 6.45) is 0.896. The van der Waals surface area contributed by atoms with E-state index in [0.29, 0.717) is 12.8 Å². The predicted octanol–water partition coefficient (Wildman–Crippen LogP) is 1.37. The second-order valence-electron chi connectivity index (χ2n) is 7.21. The van der Waals surface area contributed by atoms with E-state index in [4.69, 9.17) is 0 Å².